The van der Waals surface area contributed by atoms with Crippen molar-refractivity contribution in [1.29, 1.82) is 0 Å². The van der Waals surface area contributed by atoms with Gasteiger partial charge in [-0.1, -0.05) is 11.8 Å². The van der Waals surface area contributed by atoms with E-state index in [4.69, 9.17) is 18.9 Å². The molecule has 0 unspecified atom stereocenters. The molecule has 4 rings (SSSR count). The summed E-state index contributed by atoms with van der Waals surface area (Å²) >= 11 is 1.50. The van der Waals surface area contributed by atoms with Crippen LogP contribution in [0.25, 0.3) is 0 Å². The zero-order chi connectivity index (χ0) is 19.3. The molecule has 9 heteroatoms. The van der Waals surface area contributed by atoms with E-state index in [1.54, 1.807) is 18.9 Å². The second-order valence-electron chi connectivity index (χ2n) is 6.54. The molecule has 0 radical (unpaired) electrons. The van der Waals surface area contributed by atoms with Crippen LogP contribution in [0.1, 0.15) is 43.2 Å². The fourth-order valence-corrected chi connectivity index (χ4v) is 4.51. The number of nitrogens with one attached hydrogen (secondary N) is 1. The fraction of sp³-hybridized carbons (Fsp3) is 0.444. The predicted octanol–water partition coefficient (Wildman–Crippen LogP) is 3.39. The van der Waals surface area contributed by atoms with Crippen molar-refractivity contribution in [2.24, 2.45) is 4.99 Å². The van der Waals surface area contributed by atoms with E-state index in [9.17, 15) is 4.79 Å². The first-order chi connectivity index (χ1) is 13.0. The molecule has 8 nitrogen and oxygen atoms in total. The third-order valence-electron chi connectivity index (χ3n) is 4.56. The highest BCUT2D eigenvalue weighted by atomic mass is 32.2. The van der Waals surface area contributed by atoms with Crippen LogP contribution in [-0.2, 0) is 0 Å². The number of rotatable bonds is 4. The number of aliphatic imine (C=N–C) groups is 1. The zero-order valence-corrected chi connectivity index (χ0v) is 16.6. The molecule has 0 saturated heterocycles. The Morgan fingerprint density at radius 1 is 1.30 bits per heavy atom. The minimum Gasteiger partial charge on any atom is -0.493 e. The molecule has 0 bridgehead atoms. The first-order valence-electron chi connectivity index (χ1n) is 8.57. The van der Waals surface area contributed by atoms with E-state index in [1.807, 2.05) is 26.8 Å². The summed E-state index contributed by atoms with van der Waals surface area (Å²) in [5, 5.41) is 3.46. The highest BCUT2D eigenvalue weighted by Gasteiger charge is 2.36. The summed E-state index contributed by atoms with van der Waals surface area (Å²) in [5.41, 5.74) is 1.22. The number of benzene rings is 1. The van der Waals surface area contributed by atoms with Crippen molar-refractivity contribution >= 4 is 22.6 Å². The van der Waals surface area contributed by atoms with Gasteiger partial charge in [0.15, 0.2) is 17.3 Å². The third kappa shape index (κ3) is 2.68. The molecule has 2 aromatic rings. The zero-order valence-electron chi connectivity index (χ0n) is 15.8. The van der Waals surface area contributed by atoms with Gasteiger partial charge in [0.25, 0.3) is 5.56 Å². The van der Waals surface area contributed by atoms with Crippen LogP contribution in [0.4, 0.5) is 5.82 Å². The number of ether oxygens (including phenoxy) is 4. The Morgan fingerprint density at radius 3 is 2.70 bits per heavy atom. The number of H-pyrrole nitrogens is 1. The van der Waals surface area contributed by atoms with Gasteiger partial charge < -0.3 is 18.9 Å². The normalized spacial score (nSPS) is 17.7. The SMILES string of the molecule is COc1cc([C@H]2SC(C)=Nc3c2c(=O)[nH]n3C(C)C)c(OC)c2c1OCO2. The van der Waals surface area contributed by atoms with Gasteiger partial charge in [0.2, 0.25) is 18.3 Å². The van der Waals surface area contributed by atoms with Crippen LogP contribution in [0.15, 0.2) is 15.9 Å². The van der Waals surface area contributed by atoms with Gasteiger partial charge in [-0.2, -0.15) is 0 Å². The molecule has 1 atom stereocenters. The molecule has 2 aliphatic rings. The summed E-state index contributed by atoms with van der Waals surface area (Å²) in [6.45, 7) is 6.03. The molecule has 27 heavy (non-hydrogen) atoms. The van der Waals surface area contributed by atoms with Crippen LogP contribution in [0.2, 0.25) is 0 Å². The lowest BCUT2D eigenvalue weighted by atomic mass is 10.0. The molecule has 1 N–H and O–H groups in total. The van der Waals surface area contributed by atoms with E-state index < -0.39 is 0 Å². The summed E-state index contributed by atoms with van der Waals surface area (Å²) in [6.07, 6.45) is 0. The van der Waals surface area contributed by atoms with Gasteiger partial charge in [-0.05, 0) is 26.8 Å². The molecule has 0 fully saturated rings. The number of hydrogen-bond donors (Lipinski definition) is 1. The maximum absolute atomic E-state index is 12.8. The summed E-state index contributed by atoms with van der Waals surface area (Å²) in [5.74, 6) is 2.74. The van der Waals surface area contributed by atoms with E-state index in [2.05, 4.69) is 10.1 Å². The van der Waals surface area contributed by atoms with E-state index in [0.717, 1.165) is 10.6 Å². The van der Waals surface area contributed by atoms with Gasteiger partial charge in [0.05, 0.1) is 30.1 Å². The number of hydrogen-bond acceptors (Lipinski definition) is 7. The van der Waals surface area contributed by atoms with Gasteiger partial charge in [0.1, 0.15) is 0 Å². The summed E-state index contributed by atoms with van der Waals surface area (Å²) in [7, 11) is 3.15. The fourth-order valence-electron chi connectivity index (χ4n) is 3.39. The Balaban J connectivity index is 1.96. The van der Waals surface area contributed by atoms with Crippen molar-refractivity contribution < 1.29 is 18.9 Å². The summed E-state index contributed by atoms with van der Waals surface area (Å²) < 4.78 is 24.1. The van der Waals surface area contributed by atoms with Gasteiger partial charge in [-0.15, -0.1) is 0 Å². The number of thioether (sulfide) groups is 1. The van der Waals surface area contributed by atoms with Crippen LogP contribution >= 0.6 is 11.8 Å². The minimum atomic E-state index is -0.306. The number of aromatic nitrogens is 2. The second kappa shape index (κ2) is 6.56. The first kappa shape index (κ1) is 17.8. The Hall–Kier alpha value is -2.55. The molecule has 144 valence electrons. The molecular weight excluding hydrogens is 370 g/mol. The molecule has 0 spiro atoms. The smallest absolute Gasteiger partial charge is 0.271 e. The molecule has 0 aliphatic carbocycles. The van der Waals surface area contributed by atoms with Crippen LogP contribution in [-0.4, -0.2) is 35.8 Å². The lowest BCUT2D eigenvalue weighted by molar-refractivity contribution is 0.168. The molecule has 0 amide bonds. The second-order valence-corrected chi connectivity index (χ2v) is 7.83. The van der Waals surface area contributed by atoms with E-state index >= 15 is 0 Å². The molecular formula is C18H21N3O5S. The lowest BCUT2D eigenvalue weighted by Gasteiger charge is -2.24. The molecule has 2 aliphatic heterocycles. The Bertz CT molecular complexity index is 992. The highest BCUT2D eigenvalue weighted by Crippen LogP contribution is 2.55. The quantitative estimate of drug-likeness (QED) is 0.860. The highest BCUT2D eigenvalue weighted by molar-refractivity contribution is 8.14. The number of aromatic amines is 1. The maximum Gasteiger partial charge on any atom is 0.271 e. The topological polar surface area (TPSA) is 87.1 Å². The van der Waals surface area contributed by atoms with Gasteiger partial charge >= 0.3 is 0 Å². The van der Waals surface area contributed by atoms with Crippen molar-refractivity contribution in [3.8, 4) is 23.0 Å². The third-order valence-corrected chi connectivity index (χ3v) is 5.72. The Labute approximate surface area is 160 Å². The number of fused-ring (bicyclic) bond motifs is 2. The van der Waals surface area contributed by atoms with Gasteiger partial charge in [-0.25, -0.2) is 4.99 Å². The van der Waals surface area contributed by atoms with E-state index in [1.165, 1.54) is 11.8 Å². The van der Waals surface area contributed by atoms with E-state index in [-0.39, 0.29) is 23.6 Å². The molecule has 1 aromatic heterocycles. The Kier molecular flexibility index (Phi) is 4.33. The standard InChI is InChI=1S/C18H21N3O5S/c1-8(2)21-17-12(18(22)20-21)16(27-9(3)19-17)10-6-11(23-4)14-15(13(10)24-5)26-7-25-14/h6,8,16H,7H2,1-5H3,(H,20,22)/t16-/m1/s1. The van der Waals surface area contributed by atoms with Crippen molar-refractivity contribution in [3.63, 3.8) is 0 Å². The molecule has 1 aromatic carbocycles. The largest absolute Gasteiger partial charge is 0.493 e. The number of methoxy groups -OCH3 is 2. The maximum atomic E-state index is 12.8. The average molecular weight is 391 g/mol. The molecule has 0 saturated carbocycles. The van der Waals surface area contributed by atoms with Crippen LogP contribution < -0.4 is 24.5 Å². The lowest BCUT2D eigenvalue weighted by Crippen LogP contribution is -2.14. The van der Waals surface area contributed by atoms with Crippen molar-refractivity contribution in [1.82, 2.24) is 9.78 Å². The Morgan fingerprint density at radius 2 is 2.04 bits per heavy atom. The van der Waals surface area contributed by atoms with Crippen LogP contribution in [0, 0.1) is 0 Å². The molecule has 3 heterocycles. The van der Waals surface area contributed by atoms with Gasteiger partial charge in [-0.3, -0.25) is 14.6 Å². The number of nitrogens with zero attached hydrogens (tertiary/aromatic N) is 2. The predicted molar refractivity (Wildman–Crippen MR) is 103 cm³/mol. The monoisotopic (exact) mass is 391 g/mol. The van der Waals surface area contributed by atoms with Crippen molar-refractivity contribution in [2.75, 3.05) is 21.0 Å². The summed E-state index contributed by atoms with van der Waals surface area (Å²) in [4.78, 5) is 17.4. The van der Waals surface area contributed by atoms with Crippen LogP contribution in [0.3, 0.4) is 0 Å². The minimum absolute atomic E-state index is 0.0786. The first-order valence-corrected chi connectivity index (χ1v) is 9.45. The average Bonchev–Trinajstić information content (AvgIpc) is 3.24. The van der Waals surface area contributed by atoms with E-state index in [0.29, 0.717) is 34.4 Å². The van der Waals surface area contributed by atoms with Crippen LogP contribution in [0.5, 0.6) is 23.0 Å². The van der Waals surface area contributed by atoms with Crippen molar-refractivity contribution in [3.05, 3.63) is 27.5 Å². The summed E-state index contributed by atoms with van der Waals surface area (Å²) in [6, 6.07) is 1.92. The van der Waals surface area contributed by atoms with Gasteiger partial charge in [0, 0.05) is 11.6 Å². The van der Waals surface area contributed by atoms with Crippen molar-refractivity contribution in [2.45, 2.75) is 32.1 Å².